The number of hydrogen-bond acceptors (Lipinski definition) is 4. The summed E-state index contributed by atoms with van der Waals surface area (Å²) in [6.07, 6.45) is 0. The summed E-state index contributed by atoms with van der Waals surface area (Å²) in [5.41, 5.74) is 21.4. The van der Waals surface area contributed by atoms with Gasteiger partial charge in [-0.15, -0.1) is 11.3 Å². The van der Waals surface area contributed by atoms with Crippen LogP contribution in [-0.2, 0) is 5.41 Å². The van der Waals surface area contributed by atoms with Crippen molar-refractivity contribution in [3.8, 4) is 55.6 Å². The largest absolute Gasteiger partial charge is 0.456 e. The molecule has 14 aromatic rings. The molecular formula is C69H45NO2S. The van der Waals surface area contributed by atoms with Crippen molar-refractivity contribution >= 4 is 92.4 Å². The number of fused-ring (bicyclic) bond motifs is 12. The Morgan fingerprint density at radius 3 is 1.63 bits per heavy atom. The predicted octanol–water partition coefficient (Wildman–Crippen LogP) is 20.3. The zero-order valence-corrected chi connectivity index (χ0v) is 41.0. The predicted molar refractivity (Wildman–Crippen MR) is 308 cm³/mol. The highest BCUT2D eigenvalue weighted by atomic mass is 32.1. The van der Waals surface area contributed by atoms with E-state index in [1.807, 2.05) is 29.5 Å². The maximum absolute atomic E-state index is 6.49. The Balaban J connectivity index is 0.786. The monoisotopic (exact) mass is 951 g/mol. The smallest absolute Gasteiger partial charge is 0.143 e. The summed E-state index contributed by atoms with van der Waals surface area (Å²) in [6.45, 7) is 4.71. The van der Waals surface area contributed by atoms with Gasteiger partial charge in [0.05, 0.1) is 0 Å². The van der Waals surface area contributed by atoms with Crippen LogP contribution < -0.4 is 4.90 Å². The van der Waals surface area contributed by atoms with E-state index in [2.05, 4.69) is 237 Å². The van der Waals surface area contributed by atoms with Crippen LogP contribution in [0.5, 0.6) is 0 Å². The Bertz CT molecular complexity index is 4510. The minimum Gasteiger partial charge on any atom is -0.456 e. The molecule has 0 saturated heterocycles. The molecule has 344 valence electrons. The third-order valence-electron chi connectivity index (χ3n) is 15.5. The Labute approximate surface area is 426 Å². The average Bonchev–Trinajstić information content (AvgIpc) is 4.19. The van der Waals surface area contributed by atoms with Crippen molar-refractivity contribution in [3.05, 3.63) is 248 Å². The van der Waals surface area contributed by atoms with Crippen molar-refractivity contribution in [1.29, 1.82) is 0 Å². The molecule has 0 N–H and O–H groups in total. The van der Waals surface area contributed by atoms with Crippen LogP contribution in [0.15, 0.2) is 245 Å². The van der Waals surface area contributed by atoms with Crippen LogP contribution in [0, 0.1) is 0 Å². The SMILES string of the molecule is CC1(C)c2ccc(-c3ccc(N(c4ccc(-c5ccc6c(c5)sc5ccccc56)cc4)c4ccc(-c5cccc6oc7ccccc7c56)cc4)cc3)cc2-c2ccc(-c3cccc4c3oc3ccccc34)cc21. The first-order chi connectivity index (χ1) is 35.9. The number of thiophene rings is 1. The van der Waals surface area contributed by atoms with E-state index in [-0.39, 0.29) is 5.41 Å². The summed E-state index contributed by atoms with van der Waals surface area (Å²) in [7, 11) is 0. The van der Waals surface area contributed by atoms with Crippen molar-refractivity contribution in [2.75, 3.05) is 4.90 Å². The molecule has 0 saturated carbocycles. The van der Waals surface area contributed by atoms with Crippen molar-refractivity contribution in [2.45, 2.75) is 19.3 Å². The minimum absolute atomic E-state index is 0.166. The van der Waals surface area contributed by atoms with E-state index >= 15 is 0 Å². The molecule has 3 aromatic heterocycles. The Morgan fingerprint density at radius 1 is 0.329 bits per heavy atom. The van der Waals surface area contributed by atoms with Crippen molar-refractivity contribution in [2.24, 2.45) is 0 Å². The first kappa shape index (κ1) is 41.8. The summed E-state index contributed by atoms with van der Waals surface area (Å²) < 4.78 is 15.4. The van der Waals surface area contributed by atoms with Crippen LogP contribution in [-0.4, -0.2) is 0 Å². The minimum atomic E-state index is -0.166. The third kappa shape index (κ3) is 6.57. The van der Waals surface area contributed by atoms with Crippen LogP contribution in [0.4, 0.5) is 17.1 Å². The fourth-order valence-electron chi connectivity index (χ4n) is 11.8. The molecule has 4 heteroatoms. The fraction of sp³-hybridized carbons (Fsp3) is 0.0435. The molecule has 0 atom stereocenters. The zero-order chi connectivity index (χ0) is 48.4. The van der Waals surface area contributed by atoms with Crippen LogP contribution in [0.1, 0.15) is 25.0 Å². The summed E-state index contributed by atoms with van der Waals surface area (Å²) in [6, 6.07) is 86.2. The van der Waals surface area contributed by atoms with Gasteiger partial charge in [-0.25, -0.2) is 0 Å². The molecule has 15 rings (SSSR count). The molecule has 0 radical (unpaired) electrons. The van der Waals surface area contributed by atoms with E-state index in [1.54, 1.807) is 0 Å². The normalized spacial score (nSPS) is 12.9. The molecular weight excluding hydrogens is 907 g/mol. The van der Waals surface area contributed by atoms with Crippen LogP contribution in [0.25, 0.3) is 120 Å². The highest BCUT2D eigenvalue weighted by Gasteiger charge is 2.36. The maximum Gasteiger partial charge on any atom is 0.143 e. The molecule has 3 heterocycles. The highest BCUT2D eigenvalue weighted by Crippen LogP contribution is 2.52. The van der Waals surface area contributed by atoms with Gasteiger partial charge in [-0.3, -0.25) is 0 Å². The summed E-state index contributed by atoms with van der Waals surface area (Å²) >= 11 is 1.86. The Morgan fingerprint density at radius 2 is 0.877 bits per heavy atom. The molecule has 0 unspecified atom stereocenters. The number of furan rings is 2. The standard InChI is InChI=1S/C69H45NO2S/c1-69(2)60-38-29-45(39-59(60)53-36-28-47(40-61(53)69)52-15-9-16-57-54-11-3-6-17-62(54)72-68(52)57)42-21-30-48(31-22-42)70(49-32-23-43(24-33-49)46-27-37-56-55-12-5-8-20-65(55)73-66(56)41-46)50-34-25-44(26-35-50)51-14-10-19-64-67(51)58-13-4-7-18-63(58)71-64/h3-41H,1-2H3. The first-order valence-electron chi connectivity index (χ1n) is 25.0. The number of benzene rings is 11. The van der Waals surface area contributed by atoms with Crippen molar-refractivity contribution in [3.63, 3.8) is 0 Å². The van der Waals surface area contributed by atoms with E-state index in [9.17, 15) is 0 Å². The van der Waals surface area contributed by atoms with Gasteiger partial charge in [0.2, 0.25) is 0 Å². The van der Waals surface area contributed by atoms with E-state index in [4.69, 9.17) is 8.83 Å². The van der Waals surface area contributed by atoms with Crippen LogP contribution in [0.2, 0.25) is 0 Å². The average molecular weight is 952 g/mol. The number of rotatable bonds is 7. The van der Waals surface area contributed by atoms with Gasteiger partial charge in [0.25, 0.3) is 0 Å². The molecule has 1 aliphatic carbocycles. The lowest BCUT2D eigenvalue weighted by Gasteiger charge is -2.26. The second-order valence-corrected chi connectivity index (χ2v) is 21.1. The van der Waals surface area contributed by atoms with E-state index in [1.165, 1.54) is 70.2 Å². The number of hydrogen-bond donors (Lipinski definition) is 0. The lowest BCUT2D eigenvalue weighted by molar-refractivity contribution is 0.660. The van der Waals surface area contributed by atoms with Gasteiger partial charge >= 0.3 is 0 Å². The van der Waals surface area contributed by atoms with E-state index < -0.39 is 0 Å². The number of anilines is 3. The second-order valence-electron chi connectivity index (χ2n) is 20.0. The highest BCUT2D eigenvalue weighted by molar-refractivity contribution is 7.25. The van der Waals surface area contributed by atoms with Gasteiger partial charge in [0, 0.05) is 69.8 Å². The fourth-order valence-corrected chi connectivity index (χ4v) is 13.0. The van der Waals surface area contributed by atoms with Gasteiger partial charge in [-0.2, -0.15) is 0 Å². The topological polar surface area (TPSA) is 29.5 Å². The quantitative estimate of drug-likeness (QED) is 0.159. The summed E-state index contributed by atoms with van der Waals surface area (Å²) in [4.78, 5) is 2.37. The lowest BCUT2D eigenvalue weighted by Crippen LogP contribution is -2.15. The molecule has 0 spiro atoms. The zero-order valence-electron chi connectivity index (χ0n) is 40.2. The van der Waals surface area contributed by atoms with Crippen molar-refractivity contribution in [1.82, 2.24) is 0 Å². The van der Waals surface area contributed by atoms with Gasteiger partial charge in [0.15, 0.2) is 0 Å². The second kappa shape index (κ2) is 16.0. The molecule has 3 nitrogen and oxygen atoms in total. The van der Waals surface area contributed by atoms with Gasteiger partial charge < -0.3 is 13.7 Å². The Hall–Kier alpha value is -8.96. The van der Waals surface area contributed by atoms with Gasteiger partial charge in [-0.05, 0) is 140 Å². The van der Waals surface area contributed by atoms with Crippen LogP contribution >= 0.6 is 11.3 Å². The van der Waals surface area contributed by atoms with Gasteiger partial charge in [-0.1, -0.05) is 172 Å². The molecule has 11 aromatic carbocycles. The Kier molecular flexibility index (Phi) is 9.17. The van der Waals surface area contributed by atoms with Crippen LogP contribution in [0.3, 0.4) is 0 Å². The number of nitrogens with zero attached hydrogens (tertiary/aromatic N) is 1. The lowest BCUT2D eigenvalue weighted by atomic mass is 9.81. The molecule has 0 aliphatic heterocycles. The van der Waals surface area contributed by atoms with E-state index in [0.717, 1.165) is 77.6 Å². The molecule has 0 fully saturated rings. The third-order valence-corrected chi connectivity index (χ3v) is 16.7. The summed E-state index contributed by atoms with van der Waals surface area (Å²) in [5.74, 6) is 0. The maximum atomic E-state index is 6.49. The number of para-hydroxylation sites is 3. The molecule has 73 heavy (non-hydrogen) atoms. The van der Waals surface area contributed by atoms with Gasteiger partial charge in [0.1, 0.15) is 22.3 Å². The van der Waals surface area contributed by atoms with E-state index in [0.29, 0.717) is 0 Å². The first-order valence-corrected chi connectivity index (χ1v) is 25.9. The molecule has 0 amide bonds. The molecule has 1 aliphatic rings. The summed E-state index contributed by atoms with van der Waals surface area (Å²) in [5, 5.41) is 7.20. The van der Waals surface area contributed by atoms with Crippen molar-refractivity contribution < 1.29 is 8.83 Å². The molecule has 0 bridgehead atoms.